The van der Waals surface area contributed by atoms with E-state index in [0.717, 1.165) is 0 Å². The van der Waals surface area contributed by atoms with Gasteiger partial charge in [0.1, 0.15) is 0 Å². The van der Waals surface area contributed by atoms with Crippen LogP contribution in [-0.2, 0) is 25.7 Å². The van der Waals surface area contributed by atoms with E-state index in [-0.39, 0.29) is 0 Å². The predicted octanol–water partition coefficient (Wildman–Crippen LogP) is 16.5. The first kappa shape index (κ1) is 42.6. The van der Waals surface area contributed by atoms with Gasteiger partial charge in [0, 0.05) is 0 Å². The van der Waals surface area contributed by atoms with E-state index in [4.69, 9.17) is 0 Å². The average Bonchev–Trinajstić information content (AvgIpc) is 3.11. The first-order valence-corrected chi connectivity index (χ1v) is 22.0. The van der Waals surface area contributed by atoms with Gasteiger partial charge in [0.25, 0.3) is 0 Å². The molecule has 0 aliphatic carbocycles. The molecule has 2 aromatic rings. The third kappa shape index (κ3) is 19.0. The minimum atomic E-state index is 1.27. The van der Waals surface area contributed by atoms with Crippen molar-refractivity contribution in [3.63, 3.8) is 0 Å². The Morgan fingerprint density at radius 1 is 0.312 bits per heavy atom. The second kappa shape index (κ2) is 30.3. The number of rotatable bonds is 33. The van der Waals surface area contributed by atoms with Gasteiger partial charge < -0.3 is 0 Å². The summed E-state index contributed by atoms with van der Waals surface area (Å²) in [5, 5.41) is 0. The Labute approximate surface area is 302 Å². The maximum absolute atomic E-state index is 2.72. The molecule has 2 aromatic carbocycles. The van der Waals surface area contributed by atoms with Crippen LogP contribution in [0.3, 0.4) is 0 Å². The molecule has 48 heavy (non-hydrogen) atoms. The zero-order chi connectivity index (χ0) is 34.3. The summed E-state index contributed by atoms with van der Waals surface area (Å²) in [6.45, 7) is 9.34. The third-order valence-electron chi connectivity index (χ3n) is 11.0. The topological polar surface area (TPSA) is 0 Å². The van der Waals surface area contributed by atoms with Gasteiger partial charge in [0.15, 0.2) is 0 Å². The zero-order valence-corrected chi connectivity index (χ0v) is 33.1. The standard InChI is InChI=1S/C48H82/c1-5-9-13-17-21-25-30-38-44-42-48(43-36-31-29-32-37-43)47(41-35-28-24-20-16-12-8-4)46(40-34-27-23-19-15-11-7-3)45(44)39-33-26-22-18-14-10-6-2/h29,31-32,36-37,42H,5-28,30,33-35,38-41H2,1-4H3. The molecule has 0 N–H and O–H groups in total. The number of benzene rings is 2. The molecule has 0 saturated carbocycles. The third-order valence-corrected chi connectivity index (χ3v) is 11.0. The van der Waals surface area contributed by atoms with Crippen molar-refractivity contribution in [2.24, 2.45) is 0 Å². The number of unbranched alkanes of at least 4 members (excludes halogenated alkanes) is 24. The molecule has 0 spiro atoms. The monoisotopic (exact) mass is 659 g/mol. The van der Waals surface area contributed by atoms with Gasteiger partial charge in [0.05, 0.1) is 0 Å². The van der Waals surface area contributed by atoms with Gasteiger partial charge in [-0.05, 0) is 84.7 Å². The van der Waals surface area contributed by atoms with Crippen LogP contribution in [0.1, 0.15) is 230 Å². The normalized spacial score (nSPS) is 11.5. The molecule has 0 fully saturated rings. The van der Waals surface area contributed by atoms with Gasteiger partial charge in [-0.3, -0.25) is 0 Å². The van der Waals surface area contributed by atoms with Crippen LogP contribution in [0.5, 0.6) is 0 Å². The Hall–Kier alpha value is -1.56. The maximum Gasteiger partial charge on any atom is -0.0146 e. The van der Waals surface area contributed by atoms with E-state index >= 15 is 0 Å². The van der Waals surface area contributed by atoms with Crippen molar-refractivity contribution < 1.29 is 0 Å². The van der Waals surface area contributed by atoms with Gasteiger partial charge in [-0.15, -0.1) is 0 Å². The summed E-state index contributed by atoms with van der Waals surface area (Å²) in [7, 11) is 0. The minimum absolute atomic E-state index is 1.27. The molecule has 0 aromatic heterocycles. The van der Waals surface area contributed by atoms with Crippen LogP contribution >= 0.6 is 0 Å². The Balaban J connectivity index is 2.37. The van der Waals surface area contributed by atoms with Gasteiger partial charge in [-0.2, -0.15) is 0 Å². The fourth-order valence-corrected chi connectivity index (χ4v) is 7.93. The molecular formula is C48H82. The molecule has 0 heteroatoms. The van der Waals surface area contributed by atoms with E-state index in [2.05, 4.69) is 64.1 Å². The quantitative estimate of drug-likeness (QED) is 0.0670. The fourth-order valence-electron chi connectivity index (χ4n) is 7.93. The van der Waals surface area contributed by atoms with Crippen LogP contribution in [0, 0.1) is 0 Å². The maximum atomic E-state index is 2.72. The van der Waals surface area contributed by atoms with Crippen LogP contribution in [0.4, 0.5) is 0 Å². The van der Waals surface area contributed by atoms with Gasteiger partial charge in [-0.25, -0.2) is 0 Å². The molecule has 2 rings (SSSR count). The van der Waals surface area contributed by atoms with Gasteiger partial charge in [0.2, 0.25) is 0 Å². The van der Waals surface area contributed by atoms with Crippen molar-refractivity contribution in [2.75, 3.05) is 0 Å². The van der Waals surface area contributed by atoms with Crippen LogP contribution in [-0.4, -0.2) is 0 Å². The first-order chi connectivity index (χ1) is 23.8. The van der Waals surface area contributed by atoms with Crippen LogP contribution in [0.15, 0.2) is 36.4 Å². The molecule has 0 atom stereocenters. The predicted molar refractivity (Wildman–Crippen MR) is 219 cm³/mol. The van der Waals surface area contributed by atoms with E-state index in [1.807, 2.05) is 0 Å². The molecule has 274 valence electrons. The van der Waals surface area contributed by atoms with Crippen LogP contribution in [0.25, 0.3) is 11.1 Å². The summed E-state index contributed by atoms with van der Waals surface area (Å²) in [5.41, 5.74) is 10.1. The lowest BCUT2D eigenvalue weighted by atomic mass is 9.81. The fraction of sp³-hybridized carbons (Fsp3) is 0.750. The van der Waals surface area contributed by atoms with Crippen LogP contribution in [0.2, 0.25) is 0 Å². The summed E-state index contributed by atoms with van der Waals surface area (Å²) in [6.07, 6.45) is 44.3. The van der Waals surface area contributed by atoms with E-state index in [9.17, 15) is 0 Å². The Kier molecular flexibility index (Phi) is 26.9. The van der Waals surface area contributed by atoms with Crippen molar-refractivity contribution in [1.82, 2.24) is 0 Å². The summed E-state index contributed by atoms with van der Waals surface area (Å²) in [5.74, 6) is 0. The molecule has 0 bridgehead atoms. The number of hydrogen-bond donors (Lipinski definition) is 0. The van der Waals surface area contributed by atoms with Crippen molar-refractivity contribution in [3.8, 4) is 11.1 Å². The molecule has 0 nitrogen and oxygen atoms in total. The van der Waals surface area contributed by atoms with E-state index in [1.165, 1.54) is 211 Å². The SMILES string of the molecule is CCCCCCCCCc1cc(-c2ccccc2)c(CCCCCCCCC)c(CCCCCCCCC)c1CCCCCCCCC. The summed E-state index contributed by atoms with van der Waals surface area (Å²) in [4.78, 5) is 0. The van der Waals surface area contributed by atoms with Crippen molar-refractivity contribution in [3.05, 3.63) is 58.7 Å². The zero-order valence-electron chi connectivity index (χ0n) is 33.1. The highest BCUT2D eigenvalue weighted by Crippen LogP contribution is 2.36. The second-order valence-corrected chi connectivity index (χ2v) is 15.4. The Morgan fingerprint density at radius 3 is 1.06 bits per heavy atom. The molecule has 0 heterocycles. The molecule has 0 aliphatic rings. The van der Waals surface area contributed by atoms with Crippen molar-refractivity contribution in [2.45, 2.75) is 233 Å². The van der Waals surface area contributed by atoms with Crippen LogP contribution < -0.4 is 0 Å². The highest BCUT2D eigenvalue weighted by Gasteiger charge is 2.19. The molecule has 0 saturated heterocycles. The molecule has 0 radical (unpaired) electrons. The molecule has 0 amide bonds. The van der Waals surface area contributed by atoms with Gasteiger partial charge >= 0.3 is 0 Å². The van der Waals surface area contributed by atoms with E-state index in [0.29, 0.717) is 0 Å². The number of aryl methyl sites for hydroxylation is 1. The summed E-state index contributed by atoms with van der Waals surface area (Å²) >= 11 is 0. The smallest absolute Gasteiger partial charge is 0.0146 e. The highest BCUT2D eigenvalue weighted by atomic mass is 14.2. The largest absolute Gasteiger partial charge is 0.0654 e. The second-order valence-electron chi connectivity index (χ2n) is 15.4. The first-order valence-electron chi connectivity index (χ1n) is 22.0. The lowest BCUT2D eigenvalue weighted by Crippen LogP contribution is -2.09. The van der Waals surface area contributed by atoms with E-state index < -0.39 is 0 Å². The lowest BCUT2D eigenvalue weighted by molar-refractivity contribution is 0.575. The van der Waals surface area contributed by atoms with Gasteiger partial charge in [-0.1, -0.05) is 218 Å². The summed E-state index contributed by atoms with van der Waals surface area (Å²) < 4.78 is 0. The Bertz CT molecular complexity index is 985. The number of hydrogen-bond acceptors (Lipinski definition) is 0. The Morgan fingerprint density at radius 2 is 0.646 bits per heavy atom. The van der Waals surface area contributed by atoms with Crippen molar-refractivity contribution in [1.29, 1.82) is 0 Å². The molecular weight excluding hydrogens is 577 g/mol. The lowest BCUT2D eigenvalue weighted by Gasteiger charge is -2.24. The molecule has 0 unspecified atom stereocenters. The molecule has 0 aliphatic heterocycles. The van der Waals surface area contributed by atoms with E-state index in [1.54, 1.807) is 27.8 Å². The average molecular weight is 659 g/mol. The summed E-state index contributed by atoms with van der Waals surface area (Å²) in [6, 6.07) is 14.3. The minimum Gasteiger partial charge on any atom is -0.0654 e. The van der Waals surface area contributed by atoms with Crippen molar-refractivity contribution >= 4 is 0 Å². The highest BCUT2D eigenvalue weighted by molar-refractivity contribution is 5.71.